The van der Waals surface area contributed by atoms with E-state index < -0.39 is 0 Å². The number of rotatable bonds is 6. The number of ether oxygens (including phenoxy) is 1. The number of benzene rings is 1. The Labute approximate surface area is 171 Å². The molecule has 0 aliphatic carbocycles. The molecule has 1 aromatic carbocycles. The molecule has 2 aromatic heterocycles. The van der Waals surface area contributed by atoms with Gasteiger partial charge in [0.25, 0.3) is 0 Å². The molecule has 28 heavy (non-hydrogen) atoms. The standard InChI is InChI=1S/C22H24N4OS/c1-16-7-5-8-17(15-16)25-12-6-10-19(25)21-20(18-9-3-4-11-23-18)24-22(28)26(21)13-14-27-2/h3-12,15,20-21H,13-14H2,1-2H3,(H,24,28)/t20-,21-/m0/s1. The van der Waals surface area contributed by atoms with Crippen LogP contribution in [0.3, 0.4) is 0 Å². The molecule has 0 radical (unpaired) electrons. The van der Waals surface area contributed by atoms with Crippen LogP contribution in [0.25, 0.3) is 5.69 Å². The van der Waals surface area contributed by atoms with E-state index in [9.17, 15) is 0 Å². The summed E-state index contributed by atoms with van der Waals surface area (Å²) in [4.78, 5) is 6.81. The zero-order chi connectivity index (χ0) is 19.5. The minimum Gasteiger partial charge on any atom is -0.383 e. The third-order valence-electron chi connectivity index (χ3n) is 5.10. The van der Waals surface area contributed by atoms with Gasteiger partial charge in [-0.2, -0.15) is 0 Å². The molecular formula is C22H24N4OS. The molecule has 0 spiro atoms. The number of hydrogen-bond acceptors (Lipinski definition) is 3. The van der Waals surface area contributed by atoms with Gasteiger partial charge in [0.05, 0.1) is 24.4 Å². The van der Waals surface area contributed by atoms with Gasteiger partial charge in [-0.25, -0.2) is 0 Å². The van der Waals surface area contributed by atoms with Gasteiger partial charge in [0.2, 0.25) is 0 Å². The maximum absolute atomic E-state index is 5.68. The molecule has 1 fully saturated rings. The lowest BCUT2D eigenvalue weighted by Gasteiger charge is -2.28. The summed E-state index contributed by atoms with van der Waals surface area (Å²) in [5.41, 5.74) is 4.52. The number of nitrogens with zero attached hydrogens (tertiary/aromatic N) is 3. The van der Waals surface area contributed by atoms with Crippen molar-refractivity contribution < 1.29 is 4.74 Å². The van der Waals surface area contributed by atoms with Crippen molar-refractivity contribution in [2.24, 2.45) is 0 Å². The average Bonchev–Trinajstić information content (AvgIpc) is 3.31. The summed E-state index contributed by atoms with van der Waals surface area (Å²) in [7, 11) is 1.72. The topological polar surface area (TPSA) is 42.3 Å². The van der Waals surface area contributed by atoms with Gasteiger partial charge in [0, 0.05) is 37.4 Å². The number of hydrogen-bond donors (Lipinski definition) is 1. The van der Waals surface area contributed by atoms with E-state index in [0.29, 0.717) is 6.61 Å². The third kappa shape index (κ3) is 3.53. The molecule has 144 valence electrons. The molecule has 1 saturated heterocycles. The Balaban J connectivity index is 1.79. The van der Waals surface area contributed by atoms with Crippen LogP contribution < -0.4 is 5.32 Å². The first-order valence-electron chi connectivity index (χ1n) is 9.40. The Morgan fingerprint density at radius 2 is 2.04 bits per heavy atom. The zero-order valence-electron chi connectivity index (χ0n) is 16.1. The first-order valence-corrected chi connectivity index (χ1v) is 9.81. The minimum atomic E-state index is -0.0241. The second kappa shape index (κ2) is 8.12. The molecule has 0 unspecified atom stereocenters. The van der Waals surface area contributed by atoms with Crippen molar-refractivity contribution in [3.8, 4) is 5.69 Å². The summed E-state index contributed by atoms with van der Waals surface area (Å²) in [6, 6.07) is 18.8. The fourth-order valence-electron chi connectivity index (χ4n) is 3.81. The minimum absolute atomic E-state index is 0.0214. The van der Waals surface area contributed by atoms with E-state index in [0.717, 1.165) is 23.0 Å². The molecule has 1 N–H and O–H groups in total. The fourth-order valence-corrected chi connectivity index (χ4v) is 4.14. The van der Waals surface area contributed by atoms with Gasteiger partial charge >= 0.3 is 0 Å². The summed E-state index contributed by atoms with van der Waals surface area (Å²) >= 11 is 5.68. The van der Waals surface area contributed by atoms with E-state index in [1.807, 2.05) is 24.4 Å². The largest absolute Gasteiger partial charge is 0.383 e. The second-order valence-corrected chi connectivity index (χ2v) is 7.34. The van der Waals surface area contributed by atoms with Crippen LogP contribution >= 0.6 is 12.2 Å². The quantitative estimate of drug-likeness (QED) is 0.647. The predicted octanol–water partition coefficient (Wildman–Crippen LogP) is 3.80. The van der Waals surface area contributed by atoms with Crippen LogP contribution in [0, 0.1) is 6.92 Å². The molecule has 5 nitrogen and oxygen atoms in total. The Bertz CT molecular complexity index is 956. The molecule has 2 atom stereocenters. The van der Waals surface area contributed by atoms with E-state index >= 15 is 0 Å². The Hall–Kier alpha value is -2.70. The second-order valence-electron chi connectivity index (χ2n) is 6.95. The maximum Gasteiger partial charge on any atom is 0.170 e. The van der Waals surface area contributed by atoms with Gasteiger partial charge in [-0.05, 0) is 61.1 Å². The number of thiocarbonyl (C=S) groups is 1. The van der Waals surface area contributed by atoms with E-state index in [1.165, 1.54) is 11.3 Å². The lowest BCUT2D eigenvalue weighted by Crippen LogP contribution is -2.33. The predicted molar refractivity (Wildman–Crippen MR) is 115 cm³/mol. The molecule has 0 saturated carbocycles. The number of nitrogens with one attached hydrogen (secondary N) is 1. The van der Waals surface area contributed by atoms with Crippen molar-refractivity contribution in [3.63, 3.8) is 0 Å². The average molecular weight is 393 g/mol. The number of methoxy groups -OCH3 is 1. The number of pyridine rings is 1. The lowest BCUT2D eigenvalue weighted by atomic mass is 10.0. The highest BCUT2D eigenvalue weighted by Crippen LogP contribution is 2.39. The Morgan fingerprint density at radius 3 is 2.79 bits per heavy atom. The molecule has 1 aliphatic heterocycles. The van der Waals surface area contributed by atoms with E-state index in [4.69, 9.17) is 17.0 Å². The SMILES string of the molecule is COCCN1C(=S)N[C@@H](c2ccccn2)[C@@H]1c1cccn1-c1cccc(C)c1. The highest BCUT2D eigenvalue weighted by atomic mass is 32.1. The summed E-state index contributed by atoms with van der Waals surface area (Å²) in [6.45, 7) is 3.44. The zero-order valence-corrected chi connectivity index (χ0v) is 16.9. The lowest BCUT2D eigenvalue weighted by molar-refractivity contribution is 0.163. The van der Waals surface area contributed by atoms with Crippen molar-refractivity contribution in [2.75, 3.05) is 20.3 Å². The van der Waals surface area contributed by atoms with Crippen LogP contribution in [-0.2, 0) is 4.74 Å². The monoisotopic (exact) mass is 392 g/mol. The Morgan fingerprint density at radius 1 is 1.14 bits per heavy atom. The first-order chi connectivity index (χ1) is 13.7. The molecule has 0 bridgehead atoms. The van der Waals surface area contributed by atoms with Crippen molar-refractivity contribution in [2.45, 2.75) is 19.0 Å². The van der Waals surface area contributed by atoms with Gasteiger partial charge in [0.1, 0.15) is 0 Å². The highest BCUT2D eigenvalue weighted by molar-refractivity contribution is 7.80. The van der Waals surface area contributed by atoms with Gasteiger partial charge in [0.15, 0.2) is 5.11 Å². The molecule has 0 amide bonds. The van der Waals surface area contributed by atoms with E-state index in [1.54, 1.807) is 7.11 Å². The molecule has 6 heteroatoms. The summed E-state index contributed by atoms with van der Waals surface area (Å²) in [5, 5.41) is 4.21. The summed E-state index contributed by atoms with van der Waals surface area (Å²) < 4.78 is 7.58. The van der Waals surface area contributed by atoms with Gasteiger partial charge in [-0.3, -0.25) is 4.98 Å². The van der Waals surface area contributed by atoms with Gasteiger partial charge in [-0.15, -0.1) is 0 Å². The number of aromatic nitrogens is 2. The maximum atomic E-state index is 5.68. The van der Waals surface area contributed by atoms with Crippen molar-refractivity contribution in [3.05, 3.63) is 83.9 Å². The van der Waals surface area contributed by atoms with Crippen LogP contribution in [0.5, 0.6) is 0 Å². The molecule has 3 aromatic rings. The van der Waals surface area contributed by atoms with Gasteiger partial charge in [-0.1, -0.05) is 18.2 Å². The third-order valence-corrected chi connectivity index (χ3v) is 5.45. The number of aryl methyl sites for hydroxylation is 1. The first kappa shape index (κ1) is 18.7. The van der Waals surface area contributed by atoms with Crippen LogP contribution in [0.15, 0.2) is 67.0 Å². The van der Waals surface area contributed by atoms with Gasteiger partial charge < -0.3 is 19.5 Å². The molecule has 1 aliphatic rings. The van der Waals surface area contributed by atoms with Crippen molar-refractivity contribution >= 4 is 17.3 Å². The van der Waals surface area contributed by atoms with E-state index in [-0.39, 0.29) is 12.1 Å². The molecule has 4 rings (SSSR count). The van der Waals surface area contributed by atoms with E-state index in [2.05, 4.69) is 69.3 Å². The van der Waals surface area contributed by atoms with Crippen LogP contribution in [0.2, 0.25) is 0 Å². The normalized spacial score (nSPS) is 19.1. The van der Waals surface area contributed by atoms with Crippen LogP contribution in [0.1, 0.15) is 29.0 Å². The summed E-state index contributed by atoms with van der Waals surface area (Å²) in [5.74, 6) is 0. The van der Waals surface area contributed by atoms with Crippen molar-refractivity contribution in [1.82, 2.24) is 19.8 Å². The smallest absolute Gasteiger partial charge is 0.170 e. The summed E-state index contributed by atoms with van der Waals surface area (Å²) in [6.07, 6.45) is 3.93. The molecule has 3 heterocycles. The molecular weight excluding hydrogens is 368 g/mol. The Kier molecular flexibility index (Phi) is 5.41. The van der Waals surface area contributed by atoms with Crippen molar-refractivity contribution in [1.29, 1.82) is 0 Å². The highest BCUT2D eigenvalue weighted by Gasteiger charge is 2.40. The fraction of sp³-hybridized carbons (Fsp3) is 0.273. The van der Waals surface area contributed by atoms with Crippen LogP contribution in [0.4, 0.5) is 0 Å². The van der Waals surface area contributed by atoms with Crippen LogP contribution in [-0.4, -0.2) is 39.8 Å².